The lowest BCUT2D eigenvalue weighted by Crippen LogP contribution is -2.44. The highest BCUT2D eigenvalue weighted by Gasteiger charge is 2.13. The molecule has 0 atom stereocenters. The average molecular weight is 278 g/mol. The molecular weight excluding hydrogens is 256 g/mol. The summed E-state index contributed by atoms with van der Waals surface area (Å²) in [5.41, 5.74) is 1.05. The van der Waals surface area contributed by atoms with Crippen LogP contribution < -0.4 is 5.32 Å². The maximum Gasteiger partial charge on any atom is 0.317 e. The Hall–Kier alpha value is -1.66. The topological polar surface area (TPSA) is 57.7 Å². The van der Waals surface area contributed by atoms with Crippen molar-refractivity contribution in [1.29, 1.82) is 0 Å². The second-order valence-electron chi connectivity index (χ2n) is 4.89. The number of morpholine rings is 1. The molecule has 0 unspecified atom stereocenters. The van der Waals surface area contributed by atoms with Gasteiger partial charge in [0.2, 0.25) is 0 Å². The fourth-order valence-electron chi connectivity index (χ4n) is 2.03. The summed E-state index contributed by atoms with van der Waals surface area (Å²) in [5.74, 6) is 0. The van der Waals surface area contributed by atoms with Gasteiger partial charge in [-0.15, -0.1) is 0 Å². The van der Waals surface area contributed by atoms with Crippen molar-refractivity contribution in [3.63, 3.8) is 0 Å². The number of hydrogen-bond acceptors (Lipinski definition) is 4. The van der Waals surface area contributed by atoms with E-state index in [0.717, 1.165) is 45.0 Å². The Kier molecular flexibility index (Phi) is 5.76. The zero-order chi connectivity index (χ0) is 14.2. The van der Waals surface area contributed by atoms with Crippen LogP contribution in [0.15, 0.2) is 24.5 Å². The summed E-state index contributed by atoms with van der Waals surface area (Å²) in [4.78, 5) is 19.9. The Morgan fingerprint density at radius 1 is 1.40 bits per heavy atom. The van der Waals surface area contributed by atoms with Crippen molar-refractivity contribution < 1.29 is 9.53 Å². The molecular formula is C14H22N4O2. The van der Waals surface area contributed by atoms with Gasteiger partial charge in [0.1, 0.15) is 0 Å². The van der Waals surface area contributed by atoms with Gasteiger partial charge in [-0.2, -0.15) is 0 Å². The van der Waals surface area contributed by atoms with Crippen molar-refractivity contribution in [1.82, 2.24) is 20.1 Å². The molecule has 20 heavy (non-hydrogen) atoms. The molecule has 1 N–H and O–H groups in total. The van der Waals surface area contributed by atoms with Crippen LogP contribution >= 0.6 is 0 Å². The fraction of sp³-hybridized carbons (Fsp3) is 0.571. The van der Waals surface area contributed by atoms with E-state index < -0.39 is 0 Å². The van der Waals surface area contributed by atoms with Crippen LogP contribution in [-0.2, 0) is 11.3 Å². The van der Waals surface area contributed by atoms with Gasteiger partial charge in [-0.25, -0.2) is 4.79 Å². The van der Waals surface area contributed by atoms with Crippen LogP contribution in [0.5, 0.6) is 0 Å². The molecule has 2 heterocycles. The van der Waals surface area contributed by atoms with Gasteiger partial charge in [0, 0.05) is 52.2 Å². The molecule has 1 aromatic rings. The summed E-state index contributed by atoms with van der Waals surface area (Å²) in [7, 11) is 1.82. The summed E-state index contributed by atoms with van der Waals surface area (Å²) < 4.78 is 5.30. The monoisotopic (exact) mass is 278 g/mol. The van der Waals surface area contributed by atoms with Gasteiger partial charge in [0.15, 0.2) is 0 Å². The first-order valence-corrected chi connectivity index (χ1v) is 6.93. The van der Waals surface area contributed by atoms with E-state index in [4.69, 9.17) is 4.74 Å². The SMILES string of the molecule is CN(CCN1CCOCC1)C(=O)NCc1ccncc1. The van der Waals surface area contributed by atoms with E-state index in [-0.39, 0.29) is 6.03 Å². The molecule has 0 aromatic carbocycles. The summed E-state index contributed by atoms with van der Waals surface area (Å²) in [6.07, 6.45) is 3.45. The molecule has 1 aromatic heterocycles. The fourth-order valence-corrected chi connectivity index (χ4v) is 2.03. The van der Waals surface area contributed by atoms with Crippen molar-refractivity contribution in [3.8, 4) is 0 Å². The first-order valence-electron chi connectivity index (χ1n) is 6.93. The van der Waals surface area contributed by atoms with Gasteiger partial charge in [0.25, 0.3) is 0 Å². The molecule has 1 aliphatic rings. The Morgan fingerprint density at radius 3 is 2.80 bits per heavy atom. The van der Waals surface area contributed by atoms with Crippen molar-refractivity contribution in [2.75, 3.05) is 46.4 Å². The molecule has 2 amide bonds. The minimum atomic E-state index is -0.0462. The number of carbonyl (C=O) groups is 1. The highest BCUT2D eigenvalue weighted by atomic mass is 16.5. The number of hydrogen-bond donors (Lipinski definition) is 1. The number of nitrogens with one attached hydrogen (secondary N) is 1. The smallest absolute Gasteiger partial charge is 0.317 e. The molecule has 110 valence electrons. The molecule has 2 rings (SSSR count). The van der Waals surface area contributed by atoms with E-state index in [1.165, 1.54) is 0 Å². The van der Waals surface area contributed by atoms with Crippen molar-refractivity contribution in [2.24, 2.45) is 0 Å². The molecule has 1 saturated heterocycles. The van der Waals surface area contributed by atoms with E-state index in [1.807, 2.05) is 19.2 Å². The molecule has 0 bridgehead atoms. The molecule has 0 saturated carbocycles. The third kappa shape index (κ3) is 4.79. The van der Waals surface area contributed by atoms with Crippen molar-refractivity contribution in [3.05, 3.63) is 30.1 Å². The minimum Gasteiger partial charge on any atom is -0.379 e. The number of urea groups is 1. The lowest BCUT2D eigenvalue weighted by Gasteiger charge is -2.28. The van der Waals surface area contributed by atoms with Crippen LogP contribution in [0, 0.1) is 0 Å². The summed E-state index contributed by atoms with van der Waals surface area (Å²) >= 11 is 0. The van der Waals surface area contributed by atoms with Crippen molar-refractivity contribution in [2.45, 2.75) is 6.54 Å². The van der Waals surface area contributed by atoms with Crippen LogP contribution in [0.2, 0.25) is 0 Å². The number of pyridine rings is 1. The molecule has 0 aliphatic carbocycles. The maximum atomic E-state index is 11.9. The highest BCUT2D eigenvalue weighted by molar-refractivity contribution is 5.73. The van der Waals surface area contributed by atoms with Gasteiger partial charge in [-0.05, 0) is 17.7 Å². The average Bonchev–Trinajstić information content (AvgIpc) is 2.52. The van der Waals surface area contributed by atoms with Gasteiger partial charge in [0.05, 0.1) is 13.2 Å². The van der Waals surface area contributed by atoms with Crippen LogP contribution in [-0.4, -0.2) is 67.3 Å². The van der Waals surface area contributed by atoms with Gasteiger partial charge in [-0.3, -0.25) is 9.88 Å². The van der Waals surface area contributed by atoms with Gasteiger partial charge in [-0.1, -0.05) is 0 Å². The normalized spacial score (nSPS) is 15.8. The Bertz CT molecular complexity index is 407. The zero-order valence-electron chi connectivity index (χ0n) is 11.9. The molecule has 6 heteroatoms. The highest BCUT2D eigenvalue weighted by Crippen LogP contribution is 1.98. The van der Waals surface area contributed by atoms with E-state index in [1.54, 1.807) is 17.3 Å². The lowest BCUT2D eigenvalue weighted by molar-refractivity contribution is 0.0357. The quantitative estimate of drug-likeness (QED) is 0.855. The predicted octanol–water partition coefficient (Wildman–Crippen LogP) is 0.555. The third-order valence-corrected chi connectivity index (χ3v) is 3.40. The minimum absolute atomic E-state index is 0.0462. The lowest BCUT2D eigenvalue weighted by atomic mass is 10.3. The number of ether oxygens (including phenoxy) is 1. The van der Waals surface area contributed by atoms with E-state index >= 15 is 0 Å². The first kappa shape index (κ1) is 14.7. The van der Waals surface area contributed by atoms with Gasteiger partial charge >= 0.3 is 6.03 Å². The van der Waals surface area contributed by atoms with E-state index in [2.05, 4.69) is 15.2 Å². The van der Waals surface area contributed by atoms with Crippen LogP contribution in [0.25, 0.3) is 0 Å². The number of nitrogens with zero attached hydrogens (tertiary/aromatic N) is 3. The number of likely N-dealkylation sites (N-methyl/N-ethyl adjacent to an activating group) is 1. The molecule has 1 fully saturated rings. The Morgan fingerprint density at radius 2 is 2.10 bits per heavy atom. The van der Waals surface area contributed by atoms with Crippen LogP contribution in [0.3, 0.4) is 0 Å². The molecule has 0 spiro atoms. The van der Waals surface area contributed by atoms with Crippen molar-refractivity contribution >= 4 is 6.03 Å². The Balaban J connectivity index is 1.66. The summed E-state index contributed by atoms with van der Waals surface area (Å²) in [5, 5.41) is 2.90. The second-order valence-corrected chi connectivity index (χ2v) is 4.89. The van der Waals surface area contributed by atoms with Gasteiger partial charge < -0.3 is 15.0 Å². The number of carbonyl (C=O) groups excluding carboxylic acids is 1. The number of amides is 2. The predicted molar refractivity (Wildman–Crippen MR) is 76.4 cm³/mol. The number of aromatic nitrogens is 1. The maximum absolute atomic E-state index is 11.9. The summed E-state index contributed by atoms with van der Waals surface area (Å²) in [6, 6.07) is 3.75. The third-order valence-electron chi connectivity index (χ3n) is 3.40. The molecule has 6 nitrogen and oxygen atoms in total. The Labute approximate surface area is 119 Å². The second kappa shape index (κ2) is 7.81. The summed E-state index contributed by atoms with van der Waals surface area (Å²) in [6.45, 7) is 5.63. The molecule has 0 radical (unpaired) electrons. The standard InChI is InChI=1S/C14H22N4O2/c1-17(6-7-18-8-10-20-11-9-18)14(19)16-12-13-2-4-15-5-3-13/h2-5H,6-12H2,1H3,(H,16,19). The van der Waals surface area contributed by atoms with Crippen LogP contribution in [0.1, 0.15) is 5.56 Å². The largest absolute Gasteiger partial charge is 0.379 e. The number of rotatable bonds is 5. The van der Waals surface area contributed by atoms with Crippen LogP contribution in [0.4, 0.5) is 4.79 Å². The zero-order valence-corrected chi connectivity index (χ0v) is 11.9. The van der Waals surface area contributed by atoms with E-state index in [9.17, 15) is 4.79 Å². The molecule has 1 aliphatic heterocycles. The van der Waals surface area contributed by atoms with E-state index in [0.29, 0.717) is 6.54 Å². The first-order chi connectivity index (χ1) is 9.75.